The lowest BCUT2D eigenvalue weighted by atomic mass is 10.2. The fourth-order valence-corrected chi connectivity index (χ4v) is 0.0552. The van der Waals surface area contributed by atoms with Gasteiger partial charge in [0.05, 0.1) is 6.07 Å². The highest BCUT2D eigenvalue weighted by Gasteiger charge is 2.06. The molecule has 0 saturated heterocycles. The van der Waals surface area contributed by atoms with E-state index in [1.54, 1.807) is 6.07 Å². The first kappa shape index (κ1) is 5.96. The number of aliphatic carboxylic acids is 1. The Balaban J connectivity index is 3.63. The van der Waals surface area contributed by atoms with Crippen LogP contribution in [0.25, 0.3) is 0 Å². The standard InChI is InChI=1S/C4H5NO2/c1-3(2-5)4(6)7/h3H,1H3,(H,6,7)/t3-/m0/s1. The molecule has 0 aromatic rings. The second-order valence-electron chi connectivity index (χ2n) is 1.19. The SMILES string of the molecule is C[C@@H](C#N)C(=O)O. The summed E-state index contributed by atoms with van der Waals surface area (Å²) in [4.78, 5) is 9.71. The van der Waals surface area contributed by atoms with E-state index in [0.717, 1.165) is 0 Å². The van der Waals surface area contributed by atoms with Crippen molar-refractivity contribution in [3.05, 3.63) is 0 Å². The number of rotatable bonds is 1. The molecule has 0 fully saturated rings. The minimum absolute atomic E-state index is 0.875. The molecule has 0 aliphatic heterocycles. The summed E-state index contributed by atoms with van der Waals surface area (Å²) >= 11 is 0. The Morgan fingerprint density at radius 2 is 2.43 bits per heavy atom. The van der Waals surface area contributed by atoms with Crippen LogP contribution in [0, 0.1) is 17.2 Å². The summed E-state index contributed by atoms with van der Waals surface area (Å²) in [5, 5.41) is 15.8. The van der Waals surface area contributed by atoms with Crippen molar-refractivity contribution >= 4 is 5.97 Å². The van der Waals surface area contributed by atoms with Gasteiger partial charge in [-0.1, -0.05) is 0 Å². The molecule has 1 N–H and O–H groups in total. The normalized spacial score (nSPS) is 12.0. The molecule has 0 aliphatic carbocycles. The third-order valence-corrected chi connectivity index (χ3v) is 0.564. The van der Waals surface area contributed by atoms with E-state index in [1.165, 1.54) is 6.92 Å². The Kier molecular flexibility index (Phi) is 1.86. The molecular formula is C4H5NO2. The predicted molar refractivity (Wildman–Crippen MR) is 22.4 cm³/mol. The van der Waals surface area contributed by atoms with Gasteiger partial charge in [0.1, 0.15) is 5.92 Å². The molecule has 3 nitrogen and oxygen atoms in total. The van der Waals surface area contributed by atoms with Crippen molar-refractivity contribution < 1.29 is 9.90 Å². The van der Waals surface area contributed by atoms with Crippen LogP contribution < -0.4 is 0 Å². The molecule has 0 aromatic heterocycles. The van der Waals surface area contributed by atoms with Crippen molar-refractivity contribution in [2.24, 2.45) is 5.92 Å². The number of carboxylic acids is 1. The van der Waals surface area contributed by atoms with Crippen molar-refractivity contribution in [3.63, 3.8) is 0 Å². The summed E-state index contributed by atoms with van der Waals surface area (Å²) in [6, 6.07) is 1.56. The molecule has 38 valence electrons. The Hall–Kier alpha value is -1.04. The molecule has 0 unspecified atom stereocenters. The maximum Gasteiger partial charge on any atom is 0.320 e. The van der Waals surface area contributed by atoms with E-state index in [1.807, 2.05) is 0 Å². The molecular weight excluding hydrogens is 94.0 g/mol. The number of nitriles is 1. The van der Waals surface area contributed by atoms with Crippen LogP contribution in [-0.4, -0.2) is 11.1 Å². The van der Waals surface area contributed by atoms with Crippen LogP contribution in [0.2, 0.25) is 0 Å². The molecule has 1 atom stereocenters. The first-order chi connectivity index (χ1) is 3.18. The van der Waals surface area contributed by atoms with Crippen LogP contribution in [0.15, 0.2) is 0 Å². The Morgan fingerprint density at radius 1 is 2.00 bits per heavy atom. The van der Waals surface area contributed by atoms with Crippen LogP contribution in [0.1, 0.15) is 6.92 Å². The largest absolute Gasteiger partial charge is 0.480 e. The molecule has 0 aromatic carbocycles. The van der Waals surface area contributed by atoms with Crippen LogP contribution in [-0.2, 0) is 4.79 Å². The molecule has 0 saturated carbocycles. The van der Waals surface area contributed by atoms with E-state index >= 15 is 0 Å². The minimum Gasteiger partial charge on any atom is -0.480 e. The summed E-state index contributed by atoms with van der Waals surface area (Å²) in [6.45, 7) is 1.34. The number of carboxylic acid groups (broad SMARTS) is 1. The van der Waals surface area contributed by atoms with Gasteiger partial charge in [-0.2, -0.15) is 5.26 Å². The van der Waals surface area contributed by atoms with Crippen LogP contribution >= 0.6 is 0 Å². The monoisotopic (exact) mass is 99.0 g/mol. The molecule has 0 aliphatic rings. The minimum atomic E-state index is -1.07. The zero-order valence-electron chi connectivity index (χ0n) is 3.88. The fraction of sp³-hybridized carbons (Fsp3) is 0.500. The van der Waals surface area contributed by atoms with Gasteiger partial charge < -0.3 is 5.11 Å². The van der Waals surface area contributed by atoms with E-state index in [9.17, 15) is 4.79 Å². The van der Waals surface area contributed by atoms with Crippen molar-refractivity contribution in [3.8, 4) is 6.07 Å². The van der Waals surface area contributed by atoms with E-state index in [4.69, 9.17) is 10.4 Å². The third kappa shape index (κ3) is 1.77. The highest BCUT2D eigenvalue weighted by atomic mass is 16.4. The predicted octanol–water partition coefficient (Wildman–Crippen LogP) is 0.231. The van der Waals surface area contributed by atoms with Gasteiger partial charge in [0.25, 0.3) is 0 Å². The Morgan fingerprint density at radius 3 is 2.43 bits per heavy atom. The summed E-state index contributed by atoms with van der Waals surface area (Å²) in [7, 11) is 0. The number of hydrogen-bond donors (Lipinski definition) is 1. The molecule has 7 heavy (non-hydrogen) atoms. The van der Waals surface area contributed by atoms with Crippen molar-refractivity contribution in [1.82, 2.24) is 0 Å². The zero-order valence-corrected chi connectivity index (χ0v) is 3.88. The van der Waals surface area contributed by atoms with Gasteiger partial charge in [-0.3, -0.25) is 4.79 Å². The van der Waals surface area contributed by atoms with E-state index in [0.29, 0.717) is 0 Å². The molecule has 0 bridgehead atoms. The average Bonchev–Trinajstić information content (AvgIpc) is 1.65. The van der Waals surface area contributed by atoms with E-state index < -0.39 is 11.9 Å². The Labute approximate surface area is 41.2 Å². The summed E-state index contributed by atoms with van der Waals surface area (Å²) in [6.07, 6.45) is 0. The zero-order chi connectivity index (χ0) is 5.86. The maximum absolute atomic E-state index is 9.71. The van der Waals surface area contributed by atoms with Gasteiger partial charge in [0.2, 0.25) is 0 Å². The van der Waals surface area contributed by atoms with Crippen LogP contribution in [0.5, 0.6) is 0 Å². The lowest BCUT2D eigenvalue weighted by Crippen LogP contribution is -2.05. The van der Waals surface area contributed by atoms with E-state index in [-0.39, 0.29) is 0 Å². The van der Waals surface area contributed by atoms with E-state index in [2.05, 4.69) is 0 Å². The highest BCUT2D eigenvalue weighted by Crippen LogP contribution is 1.87. The topological polar surface area (TPSA) is 61.1 Å². The van der Waals surface area contributed by atoms with Gasteiger partial charge in [0.15, 0.2) is 0 Å². The lowest BCUT2D eigenvalue weighted by molar-refractivity contribution is -0.139. The molecule has 0 spiro atoms. The van der Waals surface area contributed by atoms with Crippen LogP contribution in [0.3, 0.4) is 0 Å². The van der Waals surface area contributed by atoms with Gasteiger partial charge in [-0.05, 0) is 6.92 Å². The molecule has 0 heterocycles. The van der Waals surface area contributed by atoms with Gasteiger partial charge >= 0.3 is 5.97 Å². The summed E-state index contributed by atoms with van der Waals surface area (Å²) in [5.74, 6) is -1.94. The second kappa shape index (κ2) is 2.19. The van der Waals surface area contributed by atoms with Crippen molar-refractivity contribution in [1.29, 1.82) is 5.26 Å². The lowest BCUT2D eigenvalue weighted by Gasteiger charge is -1.86. The van der Waals surface area contributed by atoms with Crippen LogP contribution in [0.4, 0.5) is 0 Å². The number of hydrogen-bond acceptors (Lipinski definition) is 2. The number of nitrogens with zero attached hydrogens (tertiary/aromatic N) is 1. The van der Waals surface area contributed by atoms with Crippen molar-refractivity contribution in [2.45, 2.75) is 6.92 Å². The molecule has 0 radical (unpaired) electrons. The first-order valence-electron chi connectivity index (χ1n) is 1.81. The van der Waals surface area contributed by atoms with Gasteiger partial charge in [-0.25, -0.2) is 0 Å². The molecule has 0 rings (SSSR count). The average molecular weight is 99.1 g/mol. The highest BCUT2D eigenvalue weighted by molar-refractivity contribution is 5.72. The summed E-state index contributed by atoms with van der Waals surface area (Å²) in [5.41, 5.74) is 0. The Bertz CT molecular complexity index is 113. The first-order valence-corrected chi connectivity index (χ1v) is 1.81. The second-order valence-corrected chi connectivity index (χ2v) is 1.19. The van der Waals surface area contributed by atoms with Gasteiger partial charge in [-0.15, -0.1) is 0 Å². The molecule has 3 heteroatoms. The fourth-order valence-electron chi connectivity index (χ4n) is 0.0552. The third-order valence-electron chi connectivity index (χ3n) is 0.564. The molecule has 0 amide bonds. The number of carbonyl (C=O) groups is 1. The quantitative estimate of drug-likeness (QED) is 0.511. The van der Waals surface area contributed by atoms with Gasteiger partial charge in [0, 0.05) is 0 Å². The smallest absolute Gasteiger partial charge is 0.320 e. The van der Waals surface area contributed by atoms with Crippen molar-refractivity contribution in [2.75, 3.05) is 0 Å². The maximum atomic E-state index is 9.71. The summed E-state index contributed by atoms with van der Waals surface area (Å²) < 4.78 is 0.